The van der Waals surface area contributed by atoms with Crippen LogP contribution in [0.1, 0.15) is 0 Å². The minimum atomic E-state index is 0. The molecule has 3 rings (SSSR count). The molecule has 0 fully saturated rings. The summed E-state index contributed by atoms with van der Waals surface area (Å²) in [4.78, 5) is 4.02. The van der Waals surface area contributed by atoms with Gasteiger partial charge in [-0.3, -0.25) is 0 Å². The van der Waals surface area contributed by atoms with E-state index in [-0.39, 0.29) is 32.7 Å². The van der Waals surface area contributed by atoms with Crippen LogP contribution < -0.4 is 9.30 Å². The molecule has 22 heavy (non-hydrogen) atoms. The molecule has 3 aromatic rings. The molecule has 4 heteroatoms. The average Bonchev–Trinajstić information content (AvgIpc) is 2.56. The van der Waals surface area contributed by atoms with Gasteiger partial charge in [0.2, 0.25) is 0 Å². The number of ether oxygens (including phenoxy) is 1. The number of hydrogen-bond acceptors (Lipinski definition) is 2. The summed E-state index contributed by atoms with van der Waals surface area (Å²) in [6.45, 7) is 0. The third-order valence-corrected chi connectivity index (χ3v) is 3.36. The van der Waals surface area contributed by atoms with Gasteiger partial charge in [0, 0.05) is 56.2 Å². The van der Waals surface area contributed by atoms with Gasteiger partial charge >= 0.3 is 0 Å². The molecule has 2 heterocycles. The van der Waals surface area contributed by atoms with E-state index in [1.54, 1.807) is 13.3 Å². The van der Waals surface area contributed by atoms with Crippen LogP contribution in [0.5, 0.6) is 5.75 Å². The molecule has 0 bridgehead atoms. The Hall–Kier alpha value is -1.58. The van der Waals surface area contributed by atoms with Crippen LogP contribution in [0.15, 0.2) is 54.9 Å². The van der Waals surface area contributed by atoms with E-state index in [0.29, 0.717) is 0 Å². The minimum Gasteiger partial charge on any atom is -0.516 e. The Morgan fingerprint density at radius 2 is 2.00 bits per heavy atom. The van der Waals surface area contributed by atoms with Crippen LogP contribution in [0.25, 0.3) is 22.4 Å². The average molecular weight is 364 g/mol. The molecule has 2 aromatic heterocycles. The second-order valence-corrected chi connectivity index (χ2v) is 4.69. The van der Waals surface area contributed by atoms with Gasteiger partial charge in [0.05, 0.1) is 7.11 Å². The topological polar surface area (TPSA) is 26.0 Å². The summed E-state index contributed by atoms with van der Waals surface area (Å²) in [7, 11) is 3.69. The molecule has 0 aliphatic heterocycles. The van der Waals surface area contributed by atoms with E-state index >= 15 is 0 Å². The number of aromatic nitrogens is 2. The minimum absolute atomic E-state index is 0. The number of methoxy groups -OCH3 is 1. The van der Waals surface area contributed by atoms with E-state index in [4.69, 9.17) is 4.74 Å². The Kier molecular flexibility index (Phi) is 5.81. The summed E-state index contributed by atoms with van der Waals surface area (Å²) in [5.74, 6) is 0.808. The zero-order valence-electron chi connectivity index (χ0n) is 12.6. The van der Waals surface area contributed by atoms with E-state index in [0.717, 1.165) is 28.1 Å². The summed E-state index contributed by atoms with van der Waals surface area (Å²) in [6, 6.07) is 17.1. The molecule has 0 N–H and O–H groups in total. The first-order valence-corrected chi connectivity index (χ1v) is 6.67. The maximum Gasteiger partial charge on any atom is 0.174 e. The van der Waals surface area contributed by atoms with E-state index in [9.17, 15) is 0 Å². The Morgan fingerprint density at radius 3 is 2.68 bits per heavy atom. The van der Waals surface area contributed by atoms with Crippen molar-refractivity contribution in [1.82, 2.24) is 4.98 Å². The largest absolute Gasteiger partial charge is 0.516 e. The van der Waals surface area contributed by atoms with Gasteiger partial charge in [-0.15, -0.1) is 18.2 Å². The SMILES string of the molecule is COc1cc(-c2[c-]nccc2)[c-]cc1-c1cccc[n+]1C.[Y]. The predicted molar refractivity (Wildman–Crippen MR) is 80.5 cm³/mol. The van der Waals surface area contributed by atoms with Gasteiger partial charge < -0.3 is 9.72 Å². The maximum absolute atomic E-state index is 5.55. The van der Waals surface area contributed by atoms with Gasteiger partial charge in [-0.05, 0) is 0 Å². The fraction of sp³-hybridized carbons (Fsp3) is 0.111. The third kappa shape index (κ3) is 3.42. The quantitative estimate of drug-likeness (QED) is 0.528. The summed E-state index contributed by atoms with van der Waals surface area (Å²) >= 11 is 0. The number of rotatable bonds is 3. The Labute approximate surface area is 155 Å². The van der Waals surface area contributed by atoms with Gasteiger partial charge in [-0.2, -0.15) is 12.1 Å². The van der Waals surface area contributed by atoms with Crippen molar-refractivity contribution in [3.8, 4) is 28.1 Å². The summed E-state index contributed by atoms with van der Waals surface area (Å²) < 4.78 is 7.61. The standard InChI is InChI=1S/C18H15N2O.Y/c1-20-11-4-3-7-17(20)16-9-8-14(12-18(16)21-2)15-6-5-10-19-13-15;/h3-7,9-12H,1-2H3;/q-1;. The van der Waals surface area contributed by atoms with Crippen LogP contribution in [-0.4, -0.2) is 12.1 Å². The van der Waals surface area contributed by atoms with Crippen molar-refractivity contribution < 1.29 is 42.0 Å². The third-order valence-electron chi connectivity index (χ3n) is 3.36. The van der Waals surface area contributed by atoms with E-state index in [1.165, 1.54) is 0 Å². The second-order valence-electron chi connectivity index (χ2n) is 4.69. The summed E-state index contributed by atoms with van der Waals surface area (Å²) in [5.41, 5.74) is 3.91. The molecule has 0 aliphatic rings. The first kappa shape index (κ1) is 16.8. The summed E-state index contributed by atoms with van der Waals surface area (Å²) in [6.07, 6.45) is 6.68. The van der Waals surface area contributed by atoms with Crippen LogP contribution in [0, 0.1) is 12.3 Å². The number of benzene rings is 1. The van der Waals surface area contributed by atoms with Crippen LogP contribution in [0.4, 0.5) is 0 Å². The van der Waals surface area contributed by atoms with Crippen molar-refractivity contribution in [1.29, 1.82) is 0 Å². The maximum atomic E-state index is 5.55. The molecule has 0 saturated carbocycles. The molecule has 0 saturated heterocycles. The monoisotopic (exact) mass is 364 g/mol. The first-order valence-electron chi connectivity index (χ1n) is 6.67. The first-order chi connectivity index (χ1) is 10.3. The van der Waals surface area contributed by atoms with Crippen LogP contribution in [0.2, 0.25) is 0 Å². The fourth-order valence-corrected chi connectivity index (χ4v) is 2.28. The summed E-state index contributed by atoms with van der Waals surface area (Å²) in [5, 5.41) is 0. The van der Waals surface area contributed by atoms with Crippen molar-refractivity contribution in [3.05, 3.63) is 67.1 Å². The van der Waals surface area contributed by atoms with Crippen molar-refractivity contribution in [2.75, 3.05) is 7.11 Å². The molecular weight excluding hydrogens is 349 g/mol. The van der Waals surface area contributed by atoms with Gasteiger partial charge in [0.1, 0.15) is 7.05 Å². The van der Waals surface area contributed by atoms with Crippen LogP contribution in [-0.2, 0) is 39.8 Å². The molecular formula is C18H15N2OY-. The van der Waals surface area contributed by atoms with Gasteiger partial charge in [-0.25, -0.2) is 15.7 Å². The molecule has 0 spiro atoms. The van der Waals surface area contributed by atoms with Crippen molar-refractivity contribution in [2.24, 2.45) is 7.05 Å². The van der Waals surface area contributed by atoms with Gasteiger partial charge in [-0.1, -0.05) is 18.5 Å². The second kappa shape index (κ2) is 7.62. The molecule has 107 valence electrons. The molecule has 0 unspecified atom stereocenters. The number of aryl methyl sites for hydroxylation is 1. The van der Waals surface area contributed by atoms with Crippen LogP contribution in [0.3, 0.4) is 0 Å². The molecule has 1 aromatic carbocycles. The van der Waals surface area contributed by atoms with Crippen molar-refractivity contribution >= 4 is 0 Å². The fourth-order valence-electron chi connectivity index (χ4n) is 2.28. The number of pyridine rings is 2. The van der Waals surface area contributed by atoms with Gasteiger partial charge in [0.25, 0.3) is 0 Å². The predicted octanol–water partition coefficient (Wildman–Crippen LogP) is 2.85. The van der Waals surface area contributed by atoms with E-state index < -0.39 is 0 Å². The Bertz CT molecular complexity index is 760. The molecule has 0 atom stereocenters. The van der Waals surface area contributed by atoms with Gasteiger partial charge in [0.15, 0.2) is 11.9 Å². The number of hydrogen-bond donors (Lipinski definition) is 0. The molecule has 0 aliphatic carbocycles. The molecule has 0 amide bonds. The van der Waals surface area contributed by atoms with E-state index in [1.807, 2.05) is 49.6 Å². The molecule has 1 radical (unpaired) electrons. The van der Waals surface area contributed by atoms with Crippen molar-refractivity contribution in [3.63, 3.8) is 0 Å². The normalized spacial score (nSPS) is 9.91. The Morgan fingerprint density at radius 1 is 1.14 bits per heavy atom. The Balaban J connectivity index is 0.00000176. The molecule has 3 nitrogen and oxygen atoms in total. The number of nitrogens with zero attached hydrogens (tertiary/aromatic N) is 2. The smallest absolute Gasteiger partial charge is 0.174 e. The van der Waals surface area contributed by atoms with Crippen LogP contribution >= 0.6 is 0 Å². The zero-order chi connectivity index (χ0) is 14.7. The zero-order valence-corrected chi connectivity index (χ0v) is 15.4. The van der Waals surface area contributed by atoms with Crippen molar-refractivity contribution in [2.45, 2.75) is 0 Å². The van der Waals surface area contributed by atoms with E-state index in [2.05, 4.69) is 27.9 Å².